The molecule has 7 nitrogen and oxygen atoms in total. The molecule has 0 aliphatic rings. The molecule has 1 N–H and O–H groups in total. The van der Waals surface area contributed by atoms with Gasteiger partial charge in [0.25, 0.3) is 0 Å². The molecule has 3 rings (SSSR count). The number of ether oxygens (including phenoxy) is 2. The Hall–Kier alpha value is -3.26. The zero-order valence-electron chi connectivity index (χ0n) is 16.3. The summed E-state index contributed by atoms with van der Waals surface area (Å²) >= 11 is 1.31. The third-order valence-electron chi connectivity index (χ3n) is 4.08. The standard InChI is InChI=1S/C21H22N4O3S/c1-4-13-25-20(17-7-5-6-8-18(17)28-3)23-24-21(25)29-14-19(26)22-15-9-11-16(27-2)12-10-15/h4-12H,1,13-14H2,2-3H3,(H,22,26). The molecule has 150 valence electrons. The summed E-state index contributed by atoms with van der Waals surface area (Å²) in [5, 5.41) is 12.1. The topological polar surface area (TPSA) is 78.3 Å². The van der Waals surface area contributed by atoms with E-state index in [1.807, 2.05) is 28.8 Å². The van der Waals surface area contributed by atoms with Crippen molar-refractivity contribution in [3.05, 3.63) is 61.2 Å². The number of amides is 1. The van der Waals surface area contributed by atoms with Gasteiger partial charge in [0.05, 0.1) is 25.5 Å². The van der Waals surface area contributed by atoms with Gasteiger partial charge >= 0.3 is 0 Å². The van der Waals surface area contributed by atoms with Crippen molar-refractivity contribution in [3.63, 3.8) is 0 Å². The van der Waals surface area contributed by atoms with Crippen LogP contribution in [0.3, 0.4) is 0 Å². The average molecular weight is 410 g/mol. The van der Waals surface area contributed by atoms with Gasteiger partial charge in [-0.3, -0.25) is 9.36 Å². The van der Waals surface area contributed by atoms with Crippen LogP contribution in [0.25, 0.3) is 11.4 Å². The SMILES string of the molecule is C=CCn1c(SCC(=O)Nc2ccc(OC)cc2)nnc1-c1ccccc1OC. The number of benzene rings is 2. The number of methoxy groups -OCH3 is 2. The number of aromatic nitrogens is 3. The molecule has 0 aliphatic heterocycles. The van der Waals surface area contributed by atoms with Gasteiger partial charge in [-0.15, -0.1) is 16.8 Å². The fraction of sp³-hybridized carbons (Fsp3) is 0.190. The number of thioether (sulfide) groups is 1. The molecule has 0 saturated carbocycles. The molecule has 8 heteroatoms. The van der Waals surface area contributed by atoms with Gasteiger partial charge in [-0.05, 0) is 36.4 Å². The lowest BCUT2D eigenvalue weighted by Crippen LogP contribution is -2.14. The first-order valence-corrected chi connectivity index (χ1v) is 9.89. The Morgan fingerprint density at radius 3 is 2.59 bits per heavy atom. The Morgan fingerprint density at radius 2 is 1.90 bits per heavy atom. The molecule has 29 heavy (non-hydrogen) atoms. The number of hydrogen-bond acceptors (Lipinski definition) is 6. The summed E-state index contributed by atoms with van der Waals surface area (Å²) in [4.78, 5) is 12.3. The highest BCUT2D eigenvalue weighted by Crippen LogP contribution is 2.31. The number of allylic oxidation sites excluding steroid dienone is 1. The summed E-state index contributed by atoms with van der Waals surface area (Å²) in [5.74, 6) is 2.18. The first kappa shape index (κ1) is 20.5. The van der Waals surface area contributed by atoms with Crippen LogP contribution < -0.4 is 14.8 Å². The maximum Gasteiger partial charge on any atom is 0.234 e. The van der Waals surface area contributed by atoms with E-state index in [9.17, 15) is 4.79 Å². The van der Waals surface area contributed by atoms with Crippen molar-refractivity contribution in [1.82, 2.24) is 14.8 Å². The van der Waals surface area contributed by atoms with E-state index in [1.165, 1.54) is 11.8 Å². The van der Waals surface area contributed by atoms with Crippen molar-refractivity contribution in [2.24, 2.45) is 0 Å². The fourth-order valence-electron chi connectivity index (χ4n) is 2.72. The number of carbonyl (C=O) groups is 1. The van der Waals surface area contributed by atoms with Gasteiger partial charge in [0.15, 0.2) is 11.0 Å². The summed E-state index contributed by atoms with van der Waals surface area (Å²) < 4.78 is 12.5. The minimum Gasteiger partial charge on any atom is -0.497 e. The van der Waals surface area contributed by atoms with Crippen molar-refractivity contribution >= 4 is 23.4 Å². The maximum atomic E-state index is 12.3. The first-order valence-electron chi connectivity index (χ1n) is 8.90. The van der Waals surface area contributed by atoms with E-state index in [1.54, 1.807) is 44.6 Å². The van der Waals surface area contributed by atoms with Crippen molar-refractivity contribution in [1.29, 1.82) is 0 Å². The number of hydrogen-bond donors (Lipinski definition) is 1. The Bertz CT molecular complexity index is 986. The van der Waals surface area contributed by atoms with Crippen LogP contribution in [0, 0.1) is 0 Å². The van der Waals surface area contributed by atoms with E-state index in [0.29, 0.717) is 29.0 Å². The van der Waals surface area contributed by atoms with Gasteiger partial charge in [0, 0.05) is 12.2 Å². The van der Waals surface area contributed by atoms with Gasteiger partial charge < -0.3 is 14.8 Å². The van der Waals surface area contributed by atoms with Gasteiger partial charge in [0.2, 0.25) is 5.91 Å². The monoisotopic (exact) mass is 410 g/mol. The Balaban J connectivity index is 1.72. The quantitative estimate of drug-likeness (QED) is 0.426. The van der Waals surface area contributed by atoms with Gasteiger partial charge in [-0.2, -0.15) is 0 Å². The third-order valence-corrected chi connectivity index (χ3v) is 5.05. The van der Waals surface area contributed by atoms with Crippen LogP contribution in [0.4, 0.5) is 5.69 Å². The molecule has 0 atom stereocenters. The van der Waals surface area contributed by atoms with Crippen molar-refractivity contribution < 1.29 is 14.3 Å². The summed E-state index contributed by atoms with van der Waals surface area (Å²) in [5.41, 5.74) is 1.54. The zero-order valence-corrected chi connectivity index (χ0v) is 17.1. The number of anilines is 1. The molecule has 0 unspecified atom stereocenters. The second-order valence-electron chi connectivity index (χ2n) is 5.97. The van der Waals surface area contributed by atoms with E-state index >= 15 is 0 Å². The fourth-order valence-corrected chi connectivity index (χ4v) is 3.47. The molecule has 0 fully saturated rings. The second-order valence-corrected chi connectivity index (χ2v) is 6.91. The summed E-state index contributed by atoms with van der Waals surface area (Å²) in [7, 11) is 3.22. The van der Waals surface area contributed by atoms with E-state index in [4.69, 9.17) is 9.47 Å². The highest BCUT2D eigenvalue weighted by molar-refractivity contribution is 7.99. The smallest absolute Gasteiger partial charge is 0.234 e. The summed E-state index contributed by atoms with van der Waals surface area (Å²) in [6.45, 7) is 4.33. The molecule has 1 heterocycles. The number of rotatable bonds is 9. The molecule has 3 aromatic rings. The molecule has 0 saturated heterocycles. The molecule has 0 aliphatic carbocycles. The van der Waals surface area contributed by atoms with E-state index in [2.05, 4.69) is 22.1 Å². The molecular formula is C21H22N4O3S. The molecule has 2 aromatic carbocycles. The lowest BCUT2D eigenvalue weighted by atomic mass is 10.2. The number of para-hydroxylation sites is 1. The first-order chi connectivity index (χ1) is 14.2. The van der Waals surface area contributed by atoms with E-state index < -0.39 is 0 Å². The van der Waals surface area contributed by atoms with Crippen LogP contribution >= 0.6 is 11.8 Å². The van der Waals surface area contributed by atoms with Crippen LogP contribution in [-0.4, -0.2) is 40.6 Å². The van der Waals surface area contributed by atoms with E-state index in [0.717, 1.165) is 11.3 Å². The van der Waals surface area contributed by atoms with Gasteiger partial charge in [-0.1, -0.05) is 30.0 Å². The third kappa shape index (κ3) is 4.97. The molecule has 1 amide bonds. The highest BCUT2D eigenvalue weighted by Gasteiger charge is 2.17. The molecular weight excluding hydrogens is 388 g/mol. The van der Waals surface area contributed by atoms with Crippen LogP contribution in [0.15, 0.2) is 66.3 Å². The Kier molecular flexibility index (Phi) is 6.91. The molecule has 0 radical (unpaired) electrons. The minimum absolute atomic E-state index is 0.132. The predicted octanol–water partition coefficient (Wildman–Crippen LogP) is 3.88. The average Bonchev–Trinajstić information content (AvgIpc) is 3.15. The van der Waals surface area contributed by atoms with Gasteiger partial charge in [-0.25, -0.2) is 0 Å². The number of nitrogens with one attached hydrogen (secondary N) is 1. The van der Waals surface area contributed by atoms with Crippen LogP contribution in [0.2, 0.25) is 0 Å². The van der Waals surface area contributed by atoms with Crippen LogP contribution in [-0.2, 0) is 11.3 Å². The van der Waals surface area contributed by atoms with Crippen LogP contribution in [0.1, 0.15) is 0 Å². The minimum atomic E-state index is -0.132. The maximum absolute atomic E-state index is 12.3. The van der Waals surface area contributed by atoms with E-state index in [-0.39, 0.29) is 11.7 Å². The lowest BCUT2D eigenvalue weighted by Gasteiger charge is -2.10. The van der Waals surface area contributed by atoms with Crippen molar-refractivity contribution in [3.8, 4) is 22.9 Å². The lowest BCUT2D eigenvalue weighted by molar-refractivity contribution is -0.113. The summed E-state index contributed by atoms with van der Waals surface area (Å²) in [6.07, 6.45) is 1.77. The molecule has 1 aromatic heterocycles. The Morgan fingerprint density at radius 1 is 1.14 bits per heavy atom. The zero-order chi connectivity index (χ0) is 20.6. The normalized spacial score (nSPS) is 10.4. The Labute approximate surface area is 173 Å². The highest BCUT2D eigenvalue weighted by atomic mass is 32.2. The predicted molar refractivity (Wildman–Crippen MR) is 115 cm³/mol. The largest absolute Gasteiger partial charge is 0.497 e. The second kappa shape index (κ2) is 9.79. The number of carbonyl (C=O) groups excluding carboxylic acids is 1. The summed E-state index contributed by atoms with van der Waals surface area (Å²) in [6, 6.07) is 14.8. The van der Waals surface area contributed by atoms with Crippen molar-refractivity contribution in [2.75, 3.05) is 25.3 Å². The van der Waals surface area contributed by atoms with Crippen LogP contribution in [0.5, 0.6) is 11.5 Å². The van der Waals surface area contributed by atoms with Crippen molar-refractivity contribution in [2.45, 2.75) is 11.7 Å². The number of nitrogens with zero attached hydrogens (tertiary/aromatic N) is 3. The van der Waals surface area contributed by atoms with Gasteiger partial charge in [0.1, 0.15) is 11.5 Å². The molecule has 0 spiro atoms. The molecule has 0 bridgehead atoms.